The van der Waals surface area contributed by atoms with Crippen LogP contribution in [0.15, 0.2) is 17.2 Å². The molecule has 1 saturated heterocycles. The Kier molecular flexibility index (Phi) is 6.14. The van der Waals surface area contributed by atoms with Gasteiger partial charge in [0, 0.05) is 26.0 Å². The SMILES string of the molecule is C#CCOc1cc(N/N=C2/CCCCN2C(C)=O)c(Cl)cc1Cl. The summed E-state index contributed by atoms with van der Waals surface area (Å²) in [7, 11) is 0. The summed E-state index contributed by atoms with van der Waals surface area (Å²) in [5.41, 5.74) is 3.42. The molecule has 0 aliphatic carbocycles. The van der Waals surface area contributed by atoms with Crippen LogP contribution in [0.1, 0.15) is 26.2 Å². The largest absolute Gasteiger partial charge is 0.479 e. The lowest BCUT2D eigenvalue weighted by molar-refractivity contribution is -0.125. The fraction of sp³-hybridized carbons (Fsp3) is 0.375. The highest BCUT2D eigenvalue weighted by Crippen LogP contribution is 2.34. The molecule has 1 aromatic carbocycles. The lowest BCUT2D eigenvalue weighted by Crippen LogP contribution is -2.39. The van der Waals surface area contributed by atoms with E-state index in [4.69, 9.17) is 34.4 Å². The minimum Gasteiger partial charge on any atom is -0.479 e. The Labute approximate surface area is 145 Å². The lowest BCUT2D eigenvalue weighted by atomic mass is 10.1. The summed E-state index contributed by atoms with van der Waals surface area (Å²) in [5, 5.41) is 5.08. The zero-order valence-electron chi connectivity index (χ0n) is 12.7. The van der Waals surface area contributed by atoms with Crippen LogP contribution in [0.3, 0.4) is 0 Å². The van der Waals surface area contributed by atoms with E-state index in [1.807, 2.05) is 0 Å². The highest BCUT2D eigenvalue weighted by Gasteiger charge is 2.20. The van der Waals surface area contributed by atoms with Gasteiger partial charge in [0.2, 0.25) is 5.91 Å². The molecule has 122 valence electrons. The summed E-state index contributed by atoms with van der Waals surface area (Å²) in [6.07, 6.45) is 7.88. The topological polar surface area (TPSA) is 53.9 Å². The van der Waals surface area contributed by atoms with E-state index in [9.17, 15) is 4.79 Å². The number of nitrogens with one attached hydrogen (secondary N) is 1. The number of carbonyl (C=O) groups is 1. The summed E-state index contributed by atoms with van der Waals surface area (Å²) in [5.74, 6) is 3.47. The van der Waals surface area contributed by atoms with Crippen molar-refractivity contribution in [1.82, 2.24) is 4.90 Å². The van der Waals surface area contributed by atoms with Crippen LogP contribution >= 0.6 is 23.2 Å². The molecule has 1 N–H and O–H groups in total. The van der Waals surface area contributed by atoms with Gasteiger partial charge < -0.3 is 4.74 Å². The predicted molar refractivity (Wildman–Crippen MR) is 93.1 cm³/mol. The second-order valence-electron chi connectivity index (χ2n) is 5.02. The molecule has 1 fully saturated rings. The molecule has 0 spiro atoms. The Hall–Kier alpha value is -1.90. The van der Waals surface area contributed by atoms with Gasteiger partial charge in [-0.1, -0.05) is 29.1 Å². The molecule has 0 bridgehead atoms. The molecule has 2 rings (SSSR count). The highest BCUT2D eigenvalue weighted by molar-refractivity contribution is 6.37. The molecule has 0 aromatic heterocycles. The first kappa shape index (κ1) is 17.5. The number of hydrogen-bond acceptors (Lipinski definition) is 4. The number of carbonyl (C=O) groups excluding carboxylic acids is 1. The summed E-state index contributed by atoms with van der Waals surface area (Å²) < 4.78 is 5.35. The number of hydrazone groups is 1. The number of ether oxygens (including phenoxy) is 1. The van der Waals surface area contributed by atoms with Crippen molar-refractivity contribution in [3.8, 4) is 18.1 Å². The molecule has 0 saturated carbocycles. The Morgan fingerprint density at radius 2 is 2.22 bits per heavy atom. The second-order valence-corrected chi connectivity index (χ2v) is 5.84. The minimum atomic E-state index is -0.0227. The number of nitrogens with zero attached hydrogens (tertiary/aromatic N) is 2. The Balaban J connectivity index is 2.20. The van der Waals surface area contributed by atoms with E-state index in [0.29, 0.717) is 33.9 Å². The molecule has 7 heteroatoms. The third-order valence-corrected chi connectivity index (χ3v) is 3.97. The normalized spacial score (nSPS) is 16.1. The summed E-state index contributed by atoms with van der Waals surface area (Å²) in [4.78, 5) is 13.3. The Bertz CT molecular complexity index is 668. The van der Waals surface area contributed by atoms with Crippen molar-refractivity contribution < 1.29 is 9.53 Å². The van der Waals surface area contributed by atoms with Crippen LogP contribution in [-0.4, -0.2) is 29.8 Å². The number of halogens is 2. The number of anilines is 1. The van der Waals surface area contributed by atoms with E-state index in [1.54, 1.807) is 17.0 Å². The standard InChI is InChI=1S/C16H17Cl2N3O2/c1-3-8-23-15-10-14(12(17)9-13(15)18)19-20-16-6-4-5-7-21(16)11(2)22/h1,9-10,19H,4-8H2,2H3/b20-16-. The van der Waals surface area contributed by atoms with Gasteiger partial charge in [-0.15, -0.1) is 6.42 Å². The number of amides is 1. The van der Waals surface area contributed by atoms with Crippen LogP contribution in [0.2, 0.25) is 10.0 Å². The van der Waals surface area contributed by atoms with Crippen LogP contribution < -0.4 is 10.2 Å². The summed E-state index contributed by atoms with van der Waals surface area (Å²) in [6, 6.07) is 3.19. The maximum Gasteiger partial charge on any atom is 0.224 e. The Morgan fingerprint density at radius 1 is 1.43 bits per heavy atom. The van der Waals surface area contributed by atoms with Crippen LogP contribution in [0, 0.1) is 12.3 Å². The van der Waals surface area contributed by atoms with E-state index < -0.39 is 0 Å². The van der Waals surface area contributed by atoms with Gasteiger partial charge in [-0.3, -0.25) is 15.1 Å². The lowest BCUT2D eigenvalue weighted by Gasteiger charge is -2.27. The van der Waals surface area contributed by atoms with Crippen LogP contribution in [0.5, 0.6) is 5.75 Å². The molecule has 1 aliphatic heterocycles. The average molecular weight is 354 g/mol. The molecule has 1 amide bonds. The van der Waals surface area contributed by atoms with E-state index >= 15 is 0 Å². The molecule has 1 aromatic rings. The first-order valence-corrected chi connectivity index (χ1v) is 7.94. The monoisotopic (exact) mass is 353 g/mol. The van der Waals surface area contributed by atoms with Gasteiger partial charge in [-0.05, 0) is 18.9 Å². The van der Waals surface area contributed by atoms with Crippen molar-refractivity contribution in [2.24, 2.45) is 5.10 Å². The van der Waals surface area contributed by atoms with Crippen LogP contribution in [-0.2, 0) is 4.79 Å². The third kappa shape index (κ3) is 4.54. The molecule has 1 aliphatic rings. The molecule has 23 heavy (non-hydrogen) atoms. The van der Waals surface area contributed by atoms with Gasteiger partial charge in [0.1, 0.15) is 18.2 Å². The number of rotatable bonds is 4. The number of piperidine rings is 1. The first-order valence-electron chi connectivity index (χ1n) is 7.19. The van der Waals surface area contributed by atoms with E-state index in [2.05, 4.69) is 16.4 Å². The minimum absolute atomic E-state index is 0.0227. The zero-order chi connectivity index (χ0) is 16.8. The summed E-state index contributed by atoms with van der Waals surface area (Å²) in [6.45, 7) is 2.32. The fourth-order valence-corrected chi connectivity index (χ4v) is 2.72. The maximum absolute atomic E-state index is 11.6. The third-order valence-electron chi connectivity index (χ3n) is 3.36. The predicted octanol–water partition coefficient (Wildman–Crippen LogP) is 3.76. The van der Waals surface area contributed by atoms with Gasteiger partial charge in [-0.25, -0.2) is 0 Å². The number of terminal acetylenes is 1. The highest BCUT2D eigenvalue weighted by atomic mass is 35.5. The van der Waals surface area contributed by atoms with Crippen molar-refractivity contribution in [1.29, 1.82) is 0 Å². The quantitative estimate of drug-likeness (QED) is 0.662. The van der Waals surface area contributed by atoms with Crippen molar-refractivity contribution in [2.45, 2.75) is 26.2 Å². The molecule has 0 atom stereocenters. The molecular weight excluding hydrogens is 337 g/mol. The molecule has 5 nitrogen and oxygen atoms in total. The fourth-order valence-electron chi connectivity index (χ4n) is 2.24. The Morgan fingerprint density at radius 3 is 2.91 bits per heavy atom. The van der Waals surface area contributed by atoms with E-state index in [-0.39, 0.29) is 12.5 Å². The molecule has 0 radical (unpaired) electrons. The van der Waals surface area contributed by atoms with E-state index in [1.165, 1.54) is 6.92 Å². The summed E-state index contributed by atoms with van der Waals surface area (Å²) >= 11 is 12.2. The number of hydrogen-bond donors (Lipinski definition) is 1. The van der Waals surface area contributed by atoms with Gasteiger partial charge in [-0.2, -0.15) is 5.10 Å². The van der Waals surface area contributed by atoms with Gasteiger partial charge in [0.05, 0.1) is 15.7 Å². The van der Waals surface area contributed by atoms with Gasteiger partial charge in [0.15, 0.2) is 0 Å². The van der Waals surface area contributed by atoms with Crippen LogP contribution in [0.4, 0.5) is 5.69 Å². The van der Waals surface area contributed by atoms with Crippen molar-refractivity contribution in [3.63, 3.8) is 0 Å². The smallest absolute Gasteiger partial charge is 0.224 e. The number of likely N-dealkylation sites (tertiary alicyclic amines) is 1. The molecular formula is C16H17Cl2N3O2. The van der Waals surface area contributed by atoms with E-state index in [0.717, 1.165) is 19.3 Å². The van der Waals surface area contributed by atoms with Crippen LogP contribution in [0.25, 0.3) is 0 Å². The van der Waals surface area contributed by atoms with Crippen molar-refractivity contribution >= 4 is 40.6 Å². The maximum atomic E-state index is 11.6. The first-order chi connectivity index (χ1) is 11.0. The molecule has 1 heterocycles. The number of amidine groups is 1. The van der Waals surface area contributed by atoms with Crippen molar-refractivity contribution in [3.05, 3.63) is 22.2 Å². The van der Waals surface area contributed by atoms with Crippen molar-refractivity contribution in [2.75, 3.05) is 18.6 Å². The van der Waals surface area contributed by atoms with Gasteiger partial charge in [0.25, 0.3) is 0 Å². The van der Waals surface area contributed by atoms with Gasteiger partial charge >= 0.3 is 0 Å². The molecule has 0 unspecified atom stereocenters. The number of benzene rings is 1. The average Bonchev–Trinajstić information content (AvgIpc) is 2.53. The zero-order valence-corrected chi connectivity index (χ0v) is 14.2. The second kappa shape index (κ2) is 8.09.